The van der Waals surface area contributed by atoms with Crippen molar-refractivity contribution >= 4 is 23.5 Å². The molecule has 3 aliphatic heterocycles. The summed E-state index contributed by atoms with van der Waals surface area (Å²) in [6, 6.07) is 2.85. The second-order valence-electron chi connectivity index (χ2n) is 9.44. The molecular weight excluding hydrogens is 480 g/mol. The van der Waals surface area contributed by atoms with Crippen LogP contribution in [0.1, 0.15) is 62.2 Å². The smallest absolute Gasteiger partial charge is 0.416 e. The SMILES string of the molecule is C=CCOC(=O)N1c2cc(OCCCC(C)=O)c(OC)cc2C(=O)N2CCC[C@H]2[C@@H]1OC1CCCCO1. The van der Waals surface area contributed by atoms with Crippen molar-refractivity contribution in [3.05, 3.63) is 30.4 Å². The number of carbonyl (C=O) groups is 3. The van der Waals surface area contributed by atoms with E-state index in [1.165, 1.54) is 25.0 Å². The maximum Gasteiger partial charge on any atom is 0.416 e. The minimum absolute atomic E-state index is 0.00417. The molecule has 37 heavy (non-hydrogen) atoms. The zero-order valence-corrected chi connectivity index (χ0v) is 21.6. The van der Waals surface area contributed by atoms with Crippen LogP contribution in [0.2, 0.25) is 0 Å². The Kier molecular flexibility index (Phi) is 9.04. The summed E-state index contributed by atoms with van der Waals surface area (Å²) in [6.45, 7) is 6.58. The third-order valence-electron chi connectivity index (χ3n) is 6.80. The summed E-state index contributed by atoms with van der Waals surface area (Å²) in [5, 5.41) is 0. The van der Waals surface area contributed by atoms with Crippen molar-refractivity contribution in [2.24, 2.45) is 0 Å². The van der Waals surface area contributed by atoms with E-state index in [4.69, 9.17) is 23.7 Å². The van der Waals surface area contributed by atoms with Gasteiger partial charge in [0, 0.05) is 25.6 Å². The van der Waals surface area contributed by atoms with Crippen LogP contribution in [-0.4, -0.2) is 74.7 Å². The molecule has 0 bridgehead atoms. The maximum atomic E-state index is 13.8. The summed E-state index contributed by atoms with van der Waals surface area (Å²) in [5.41, 5.74) is 0.614. The maximum absolute atomic E-state index is 13.8. The van der Waals surface area contributed by atoms with Crippen molar-refractivity contribution in [2.45, 2.75) is 70.4 Å². The first-order valence-corrected chi connectivity index (χ1v) is 12.9. The van der Waals surface area contributed by atoms with Gasteiger partial charge in [-0.05, 0) is 51.5 Å². The molecule has 0 saturated carbocycles. The summed E-state index contributed by atoms with van der Waals surface area (Å²) >= 11 is 0. The second kappa shape index (κ2) is 12.4. The van der Waals surface area contributed by atoms with Crippen molar-refractivity contribution in [1.82, 2.24) is 4.90 Å². The van der Waals surface area contributed by atoms with Gasteiger partial charge in [0.25, 0.3) is 5.91 Å². The third-order valence-corrected chi connectivity index (χ3v) is 6.80. The molecule has 202 valence electrons. The molecular formula is C27H36N2O8. The zero-order valence-electron chi connectivity index (χ0n) is 21.6. The topological polar surface area (TPSA) is 104 Å². The Hall–Kier alpha value is -3.11. The summed E-state index contributed by atoms with van der Waals surface area (Å²) in [5.74, 6) is 0.578. The molecule has 4 rings (SSSR count). The first-order chi connectivity index (χ1) is 17.9. The van der Waals surface area contributed by atoms with E-state index in [0.717, 1.165) is 19.3 Å². The Morgan fingerprint density at radius 1 is 1.19 bits per heavy atom. The molecule has 1 unspecified atom stereocenters. The molecule has 0 aliphatic carbocycles. The van der Waals surface area contributed by atoms with Gasteiger partial charge in [0.05, 0.1) is 31.0 Å². The highest BCUT2D eigenvalue weighted by atomic mass is 16.7. The molecule has 3 aliphatic rings. The highest BCUT2D eigenvalue weighted by Crippen LogP contribution is 2.42. The molecule has 0 N–H and O–H groups in total. The van der Waals surface area contributed by atoms with E-state index in [1.54, 1.807) is 17.0 Å². The van der Waals surface area contributed by atoms with Crippen LogP contribution in [0.25, 0.3) is 0 Å². The fraction of sp³-hybridized carbons (Fsp3) is 0.593. The zero-order chi connectivity index (χ0) is 26.4. The number of benzene rings is 1. The molecule has 1 aromatic carbocycles. The Morgan fingerprint density at radius 3 is 2.73 bits per heavy atom. The lowest BCUT2D eigenvalue weighted by Crippen LogP contribution is -2.54. The van der Waals surface area contributed by atoms with Crippen molar-refractivity contribution in [2.75, 3.05) is 38.4 Å². The largest absolute Gasteiger partial charge is 0.493 e. The lowest BCUT2D eigenvalue weighted by molar-refractivity contribution is -0.195. The molecule has 0 spiro atoms. The molecule has 0 radical (unpaired) electrons. The molecule has 0 aromatic heterocycles. The number of ketones is 1. The normalized spacial score (nSPS) is 23.1. The molecule has 3 atom stereocenters. The number of methoxy groups -OCH3 is 1. The number of fused-ring (bicyclic) bond motifs is 2. The van der Waals surface area contributed by atoms with E-state index < -0.39 is 18.6 Å². The van der Waals surface area contributed by atoms with Gasteiger partial charge in [-0.25, -0.2) is 9.69 Å². The van der Waals surface area contributed by atoms with E-state index >= 15 is 0 Å². The lowest BCUT2D eigenvalue weighted by atomic mass is 10.1. The number of anilines is 1. The Morgan fingerprint density at radius 2 is 2.03 bits per heavy atom. The van der Waals surface area contributed by atoms with Crippen LogP contribution in [0, 0.1) is 0 Å². The van der Waals surface area contributed by atoms with E-state index in [1.807, 2.05) is 0 Å². The average Bonchev–Trinajstić information content (AvgIpc) is 3.36. The van der Waals surface area contributed by atoms with Crippen LogP contribution in [-0.2, 0) is 19.0 Å². The highest BCUT2D eigenvalue weighted by molar-refractivity contribution is 6.06. The number of rotatable bonds is 10. The van der Waals surface area contributed by atoms with Gasteiger partial charge >= 0.3 is 6.09 Å². The molecule has 10 heteroatoms. The Bertz CT molecular complexity index is 1010. The fourth-order valence-corrected chi connectivity index (χ4v) is 5.03. The second-order valence-corrected chi connectivity index (χ2v) is 9.44. The van der Waals surface area contributed by atoms with Crippen LogP contribution in [0.3, 0.4) is 0 Å². The van der Waals surface area contributed by atoms with E-state index in [9.17, 15) is 14.4 Å². The number of Topliss-reactive ketones (excluding diaryl/α,β-unsaturated/α-hetero) is 1. The molecule has 3 heterocycles. The predicted octanol–water partition coefficient (Wildman–Crippen LogP) is 4.06. The van der Waals surface area contributed by atoms with Gasteiger partial charge in [-0.3, -0.25) is 4.79 Å². The van der Waals surface area contributed by atoms with E-state index in [0.29, 0.717) is 61.6 Å². The van der Waals surface area contributed by atoms with Crippen LogP contribution in [0.15, 0.2) is 24.8 Å². The predicted molar refractivity (Wildman–Crippen MR) is 135 cm³/mol. The fourth-order valence-electron chi connectivity index (χ4n) is 5.03. The van der Waals surface area contributed by atoms with E-state index in [-0.39, 0.29) is 30.9 Å². The average molecular weight is 517 g/mol. The third kappa shape index (κ3) is 6.07. The lowest BCUT2D eigenvalue weighted by Gasteiger charge is -2.38. The molecule has 2 fully saturated rings. The van der Waals surface area contributed by atoms with Gasteiger partial charge in [-0.1, -0.05) is 12.7 Å². The molecule has 10 nitrogen and oxygen atoms in total. The summed E-state index contributed by atoms with van der Waals surface area (Å²) < 4.78 is 29.2. The monoisotopic (exact) mass is 516 g/mol. The Balaban J connectivity index is 1.76. The van der Waals surface area contributed by atoms with Crippen molar-refractivity contribution in [1.29, 1.82) is 0 Å². The van der Waals surface area contributed by atoms with Gasteiger partial charge in [0.1, 0.15) is 12.4 Å². The van der Waals surface area contributed by atoms with Gasteiger partial charge in [0.15, 0.2) is 24.0 Å². The summed E-state index contributed by atoms with van der Waals surface area (Å²) in [7, 11) is 1.49. The summed E-state index contributed by atoms with van der Waals surface area (Å²) in [6.07, 6.45) is 4.52. The first-order valence-electron chi connectivity index (χ1n) is 12.9. The summed E-state index contributed by atoms with van der Waals surface area (Å²) in [4.78, 5) is 41.8. The number of ether oxygens (including phenoxy) is 5. The minimum Gasteiger partial charge on any atom is -0.493 e. The highest BCUT2D eigenvalue weighted by Gasteiger charge is 2.47. The number of carbonyl (C=O) groups excluding carboxylic acids is 3. The standard InChI is InChI=1S/C27H36N2O8/c1-4-13-36-27(32)29-21-17-23(34-15-8-9-18(2)30)22(33-3)16-19(21)25(31)28-12-7-10-20(28)26(29)37-24-11-5-6-14-35-24/h4,16-17,20,24,26H,1,5-15H2,2-3H3/t20-,24?,26-/m0/s1. The minimum atomic E-state index is -0.813. The van der Waals surface area contributed by atoms with Gasteiger partial charge in [0.2, 0.25) is 0 Å². The number of amides is 2. The van der Waals surface area contributed by atoms with Gasteiger partial charge in [-0.15, -0.1) is 0 Å². The molecule has 1 aromatic rings. The number of hydrogen-bond donors (Lipinski definition) is 0. The van der Waals surface area contributed by atoms with Crippen molar-refractivity contribution in [3.8, 4) is 11.5 Å². The molecule has 2 saturated heterocycles. The van der Waals surface area contributed by atoms with E-state index in [2.05, 4.69) is 6.58 Å². The number of hydrogen-bond acceptors (Lipinski definition) is 8. The van der Waals surface area contributed by atoms with Crippen LogP contribution in [0.4, 0.5) is 10.5 Å². The van der Waals surface area contributed by atoms with Gasteiger partial charge in [-0.2, -0.15) is 0 Å². The first kappa shape index (κ1) is 26.9. The quantitative estimate of drug-likeness (QED) is 0.339. The molecule has 2 amide bonds. The number of nitrogens with zero attached hydrogens (tertiary/aromatic N) is 2. The Labute approximate surface area is 217 Å². The van der Waals surface area contributed by atoms with Crippen molar-refractivity contribution in [3.63, 3.8) is 0 Å². The van der Waals surface area contributed by atoms with Crippen LogP contribution in [0.5, 0.6) is 11.5 Å². The van der Waals surface area contributed by atoms with Crippen molar-refractivity contribution < 1.29 is 38.1 Å². The van der Waals surface area contributed by atoms with Crippen LogP contribution < -0.4 is 14.4 Å². The van der Waals surface area contributed by atoms with Crippen LogP contribution >= 0.6 is 0 Å². The van der Waals surface area contributed by atoms with Gasteiger partial charge < -0.3 is 33.4 Å².